The molecule has 0 amide bonds. The van der Waals surface area contributed by atoms with Crippen molar-refractivity contribution in [2.24, 2.45) is 5.92 Å². The van der Waals surface area contributed by atoms with Crippen LogP contribution in [0.2, 0.25) is 0 Å². The molecule has 1 unspecified atom stereocenters. The SMILES string of the molecule is C#CC(CC)NCCOCCC(C)C. The summed E-state index contributed by atoms with van der Waals surface area (Å²) in [7, 11) is 0. The summed E-state index contributed by atoms with van der Waals surface area (Å²) in [5.41, 5.74) is 0. The molecule has 1 N–H and O–H groups in total. The van der Waals surface area contributed by atoms with E-state index in [0.717, 1.165) is 38.5 Å². The predicted octanol–water partition coefficient (Wildman–Crippen LogP) is 2.05. The molecule has 0 heterocycles. The number of rotatable bonds is 8. The third-order valence-corrected chi connectivity index (χ3v) is 2.09. The van der Waals surface area contributed by atoms with Gasteiger partial charge in [-0.1, -0.05) is 26.7 Å². The van der Waals surface area contributed by atoms with Gasteiger partial charge in [-0.3, -0.25) is 0 Å². The van der Waals surface area contributed by atoms with Crippen LogP contribution in [0.15, 0.2) is 0 Å². The van der Waals surface area contributed by atoms with Gasteiger partial charge in [-0.15, -0.1) is 6.42 Å². The molecule has 0 saturated heterocycles. The van der Waals surface area contributed by atoms with Crippen LogP contribution in [-0.2, 0) is 4.74 Å². The van der Waals surface area contributed by atoms with Crippen molar-refractivity contribution in [3.8, 4) is 12.3 Å². The minimum Gasteiger partial charge on any atom is -0.380 e. The van der Waals surface area contributed by atoms with Crippen molar-refractivity contribution in [1.82, 2.24) is 5.32 Å². The molecule has 2 heteroatoms. The highest BCUT2D eigenvalue weighted by atomic mass is 16.5. The van der Waals surface area contributed by atoms with Crippen molar-refractivity contribution in [2.45, 2.75) is 39.7 Å². The van der Waals surface area contributed by atoms with Crippen molar-refractivity contribution in [3.63, 3.8) is 0 Å². The van der Waals surface area contributed by atoms with E-state index < -0.39 is 0 Å². The van der Waals surface area contributed by atoms with Gasteiger partial charge >= 0.3 is 0 Å². The summed E-state index contributed by atoms with van der Waals surface area (Å²) in [6.07, 6.45) is 7.42. The second kappa shape index (κ2) is 9.05. The summed E-state index contributed by atoms with van der Waals surface area (Å²) in [4.78, 5) is 0. The van der Waals surface area contributed by atoms with Crippen LogP contribution >= 0.6 is 0 Å². The smallest absolute Gasteiger partial charge is 0.0685 e. The Kier molecular flexibility index (Phi) is 8.72. The first-order valence-corrected chi connectivity index (χ1v) is 5.48. The molecule has 0 aromatic carbocycles. The topological polar surface area (TPSA) is 21.3 Å². The van der Waals surface area contributed by atoms with E-state index in [0.29, 0.717) is 0 Å². The summed E-state index contributed by atoms with van der Waals surface area (Å²) < 4.78 is 5.45. The lowest BCUT2D eigenvalue weighted by Gasteiger charge is -2.11. The van der Waals surface area contributed by atoms with Gasteiger partial charge in [-0.2, -0.15) is 0 Å². The molecule has 1 atom stereocenters. The highest BCUT2D eigenvalue weighted by Gasteiger charge is 1.99. The molecule has 0 aliphatic rings. The van der Waals surface area contributed by atoms with Crippen LogP contribution in [0.5, 0.6) is 0 Å². The van der Waals surface area contributed by atoms with Crippen LogP contribution in [0.3, 0.4) is 0 Å². The van der Waals surface area contributed by atoms with Crippen molar-refractivity contribution < 1.29 is 4.74 Å². The van der Waals surface area contributed by atoms with Crippen LogP contribution in [0, 0.1) is 18.3 Å². The van der Waals surface area contributed by atoms with Gasteiger partial charge in [0.25, 0.3) is 0 Å². The van der Waals surface area contributed by atoms with Crippen LogP contribution in [-0.4, -0.2) is 25.8 Å². The average molecular weight is 197 g/mol. The minimum atomic E-state index is 0.198. The van der Waals surface area contributed by atoms with Crippen LogP contribution < -0.4 is 5.32 Å². The molecule has 82 valence electrons. The molecule has 0 radical (unpaired) electrons. The molecule has 0 rings (SSSR count). The van der Waals surface area contributed by atoms with E-state index >= 15 is 0 Å². The monoisotopic (exact) mass is 197 g/mol. The van der Waals surface area contributed by atoms with Gasteiger partial charge in [0.15, 0.2) is 0 Å². The summed E-state index contributed by atoms with van der Waals surface area (Å²) in [5.74, 6) is 3.41. The Morgan fingerprint density at radius 1 is 1.36 bits per heavy atom. The van der Waals surface area contributed by atoms with Gasteiger partial charge in [0, 0.05) is 13.2 Å². The Morgan fingerprint density at radius 2 is 2.07 bits per heavy atom. The number of terminal acetylenes is 1. The second-order valence-corrected chi connectivity index (χ2v) is 3.88. The first kappa shape index (κ1) is 13.5. The molecule has 0 fully saturated rings. The quantitative estimate of drug-likeness (QED) is 0.475. The Labute approximate surface area is 88.4 Å². The predicted molar refractivity (Wildman–Crippen MR) is 61.2 cm³/mol. The lowest BCUT2D eigenvalue weighted by atomic mass is 10.1. The van der Waals surface area contributed by atoms with Crippen molar-refractivity contribution in [1.29, 1.82) is 0 Å². The summed E-state index contributed by atoms with van der Waals surface area (Å²) in [6.45, 7) is 8.94. The lowest BCUT2D eigenvalue weighted by molar-refractivity contribution is 0.124. The minimum absolute atomic E-state index is 0.198. The Hall–Kier alpha value is -0.520. The van der Waals surface area contributed by atoms with Gasteiger partial charge in [0.2, 0.25) is 0 Å². The fraction of sp³-hybridized carbons (Fsp3) is 0.833. The largest absolute Gasteiger partial charge is 0.380 e. The van der Waals surface area contributed by atoms with Gasteiger partial charge in [0.05, 0.1) is 12.6 Å². The summed E-state index contributed by atoms with van der Waals surface area (Å²) >= 11 is 0. The van der Waals surface area contributed by atoms with Crippen molar-refractivity contribution in [2.75, 3.05) is 19.8 Å². The standard InChI is InChI=1S/C12H23NO/c1-5-12(6-2)13-8-10-14-9-7-11(3)4/h1,11-13H,6-10H2,2-4H3. The van der Waals surface area contributed by atoms with E-state index in [-0.39, 0.29) is 6.04 Å². The fourth-order valence-corrected chi connectivity index (χ4v) is 1.05. The zero-order valence-corrected chi connectivity index (χ0v) is 9.68. The third kappa shape index (κ3) is 8.10. The molecule has 0 aromatic rings. The number of hydrogen-bond donors (Lipinski definition) is 1. The van der Waals surface area contributed by atoms with Crippen LogP contribution in [0.1, 0.15) is 33.6 Å². The fourth-order valence-electron chi connectivity index (χ4n) is 1.05. The molecule has 0 aromatic heterocycles. The van der Waals surface area contributed by atoms with E-state index in [4.69, 9.17) is 11.2 Å². The highest BCUT2D eigenvalue weighted by Crippen LogP contribution is 1.98. The van der Waals surface area contributed by atoms with Crippen molar-refractivity contribution in [3.05, 3.63) is 0 Å². The zero-order chi connectivity index (χ0) is 10.8. The van der Waals surface area contributed by atoms with Gasteiger partial charge in [-0.05, 0) is 18.8 Å². The zero-order valence-electron chi connectivity index (χ0n) is 9.68. The van der Waals surface area contributed by atoms with Crippen molar-refractivity contribution >= 4 is 0 Å². The average Bonchev–Trinajstić information content (AvgIpc) is 2.16. The molecule has 2 nitrogen and oxygen atoms in total. The van der Waals surface area contributed by atoms with E-state index in [1.165, 1.54) is 0 Å². The van der Waals surface area contributed by atoms with E-state index in [1.54, 1.807) is 0 Å². The molecule has 14 heavy (non-hydrogen) atoms. The summed E-state index contributed by atoms with van der Waals surface area (Å²) in [5, 5.41) is 3.25. The van der Waals surface area contributed by atoms with Gasteiger partial charge < -0.3 is 10.1 Å². The molecular weight excluding hydrogens is 174 g/mol. The molecule has 0 saturated carbocycles. The Balaban J connectivity index is 3.17. The maximum absolute atomic E-state index is 5.45. The number of nitrogens with one attached hydrogen (secondary N) is 1. The first-order chi connectivity index (χ1) is 6.70. The summed E-state index contributed by atoms with van der Waals surface area (Å²) in [6, 6.07) is 0.198. The lowest BCUT2D eigenvalue weighted by Crippen LogP contribution is -2.30. The Bertz CT molecular complexity index is 160. The number of hydrogen-bond acceptors (Lipinski definition) is 2. The molecule has 0 aliphatic heterocycles. The van der Waals surface area contributed by atoms with Crippen LogP contribution in [0.4, 0.5) is 0 Å². The third-order valence-electron chi connectivity index (χ3n) is 2.09. The van der Waals surface area contributed by atoms with Gasteiger partial charge in [0.1, 0.15) is 0 Å². The number of ether oxygens (including phenoxy) is 1. The van der Waals surface area contributed by atoms with Crippen LogP contribution in [0.25, 0.3) is 0 Å². The molecular formula is C12H23NO. The Morgan fingerprint density at radius 3 is 2.57 bits per heavy atom. The molecule has 0 spiro atoms. The molecule has 0 bridgehead atoms. The van der Waals surface area contributed by atoms with Gasteiger partial charge in [-0.25, -0.2) is 0 Å². The molecule has 0 aliphatic carbocycles. The van der Waals surface area contributed by atoms with E-state index in [1.807, 2.05) is 0 Å². The normalized spacial score (nSPS) is 12.8. The maximum atomic E-state index is 5.45. The maximum Gasteiger partial charge on any atom is 0.0685 e. The van der Waals surface area contributed by atoms with E-state index in [9.17, 15) is 0 Å². The van der Waals surface area contributed by atoms with E-state index in [2.05, 4.69) is 32.0 Å². The highest BCUT2D eigenvalue weighted by molar-refractivity contribution is 4.97. The second-order valence-electron chi connectivity index (χ2n) is 3.88. The first-order valence-electron chi connectivity index (χ1n) is 5.48.